The Bertz CT molecular complexity index is 1290. The zero-order valence-corrected chi connectivity index (χ0v) is 16.7. The summed E-state index contributed by atoms with van der Waals surface area (Å²) in [7, 11) is 0. The summed E-state index contributed by atoms with van der Waals surface area (Å²) < 4.78 is 7.25. The molecule has 0 aliphatic carbocycles. The highest BCUT2D eigenvalue weighted by molar-refractivity contribution is 5.83. The van der Waals surface area contributed by atoms with Crippen LogP contribution < -0.4 is 10.3 Å². The highest BCUT2D eigenvalue weighted by Crippen LogP contribution is 2.23. The molecule has 0 amide bonds. The third-order valence-electron chi connectivity index (χ3n) is 4.82. The van der Waals surface area contributed by atoms with E-state index >= 15 is 0 Å². The summed E-state index contributed by atoms with van der Waals surface area (Å²) in [5.41, 5.74) is 2.79. The normalized spacial score (nSPS) is 11.3. The molecule has 1 heterocycles. The number of aryl methyl sites for hydroxylation is 2. The maximum atomic E-state index is 13.1. The van der Waals surface area contributed by atoms with Gasteiger partial charge in [-0.3, -0.25) is 4.79 Å². The van der Waals surface area contributed by atoms with Gasteiger partial charge in [0.2, 0.25) is 0 Å². The molecule has 6 heteroatoms. The van der Waals surface area contributed by atoms with Crippen LogP contribution in [0.5, 0.6) is 11.5 Å². The molecule has 0 aliphatic heterocycles. The Balaban J connectivity index is 1.78. The molecule has 6 nitrogen and oxygen atoms in total. The van der Waals surface area contributed by atoms with E-state index in [-0.39, 0.29) is 17.9 Å². The quantitative estimate of drug-likeness (QED) is 0.511. The first-order valence-electron chi connectivity index (χ1n) is 9.56. The number of ether oxygens (including phenoxy) is 1. The van der Waals surface area contributed by atoms with E-state index in [4.69, 9.17) is 4.74 Å². The van der Waals surface area contributed by atoms with Gasteiger partial charge in [0.05, 0.1) is 17.1 Å². The Labute approximate surface area is 173 Å². The number of nitrogens with zero attached hydrogens (tertiary/aromatic N) is 3. The van der Waals surface area contributed by atoms with Crippen LogP contribution in [0.3, 0.4) is 0 Å². The van der Waals surface area contributed by atoms with Crippen LogP contribution in [-0.4, -0.2) is 21.0 Å². The predicted molar refractivity (Wildman–Crippen MR) is 117 cm³/mol. The largest absolute Gasteiger partial charge is 0.507 e. The second kappa shape index (κ2) is 8.21. The highest BCUT2D eigenvalue weighted by Gasteiger charge is 2.12. The molecular weight excluding hydrogens is 378 g/mol. The molecule has 0 saturated carbocycles. The number of fused-ring (bicyclic) bond motifs is 1. The van der Waals surface area contributed by atoms with Crippen molar-refractivity contribution in [1.82, 2.24) is 9.66 Å². The van der Waals surface area contributed by atoms with Gasteiger partial charge in [-0.25, -0.2) is 4.98 Å². The van der Waals surface area contributed by atoms with Crippen molar-refractivity contribution in [3.8, 4) is 11.5 Å². The monoisotopic (exact) mass is 399 g/mol. The minimum Gasteiger partial charge on any atom is -0.507 e. The summed E-state index contributed by atoms with van der Waals surface area (Å²) in [4.78, 5) is 17.7. The van der Waals surface area contributed by atoms with Gasteiger partial charge >= 0.3 is 0 Å². The lowest BCUT2D eigenvalue weighted by Crippen LogP contribution is -2.23. The summed E-state index contributed by atoms with van der Waals surface area (Å²) in [5, 5.41) is 14.8. The van der Waals surface area contributed by atoms with Crippen molar-refractivity contribution in [3.63, 3.8) is 0 Å². The van der Waals surface area contributed by atoms with E-state index < -0.39 is 0 Å². The van der Waals surface area contributed by atoms with Crippen LogP contribution in [0.25, 0.3) is 10.9 Å². The zero-order chi connectivity index (χ0) is 21.1. The molecule has 0 unspecified atom stereocenters. The van der Waals surface area contributed by atoms with Crippen molar-refractivity contribution in [2.24, 2.45) is 5.10 Å². The number of para-hydroxylation sites is 3. The lowest BCUT2D eigenvalue weighted by molar-refractivity contribution is 0.285. The minimum atomic E-state index is -0.299. The summed E-state index contributed by atoms with van der Waals surface area (Å²) in [6, 6.07) is 19.8. The van der Waals surface area contributed by atoms with E-state index in [1.807, 2.05) is 38.1 Å². The molecule has 0 fully saturated rings. The van der Waals surface area contributed by atoms with Crippen LogP contribution >= 0.6 is 0 Å². The Morgan fingerprint density at radius 2 is 1.70 bits per heavy atom. The zero-order valence-electron chi connectivity index (χ0n) is 16.7. The third kappa shape index (κ3) is 3.80. The average molecular weight is 399 g/mol. The Morgan fingerprint density at radius 1 is 1.00 bits per heavy atom. The van der Waals surface area contributed by atoms with Gasteiger partial charge in [0.15, 0.2) is 5.82 Å². The third-order valence-corrected chi connectivity index (χ3v) is 4.82. The van der Waals surface area contributed by atoms with E-state index in [1.165, 1.54) is 10.9 Å². The smallest absolute Gasteiger partial charge is 0.282 e. The molecule has 3 aromatic carbocycles. The first-order chi connectivity index (χ1) is 14.5. The molecule has 4 rings (SSSR count). The number of phenols is 1. The van der Waals surface area contributed by atoms with Crippen LogP contribution in [0.15, 0.2) is 76.6 Å². The minimum absolute atomic E-state index is 0.0733. The summed E-state index contributed by atoms with van der Waals surface area (Å²) in [5.74, 6) is 1.21. The molecule has 0 radical (unpaired) electrons. The fourth-order valence-electron chi connectivity index (χ4n) is 3.26. The molecule has 0 saturated heterocycles. The first-order valence-corrected chi connectivity index (χ1v) is 9.56. The van der Waals surface area contributed by atoms with Gasteiger partial charge < -0.3 is 9.84 Å². The second-order valence-electron chi connectivity index (χ2n) is 6.98. The Hall–Kier alpha value is -3.93. The fraction of sp³-hybridized carbons (Fsp3) is 0.125. The van der Waals surface area contributed by atoms with E-state index in [0.29, 0.717) is 22.3 Å². The molecule has 0 bridgehead atoms. The van der Waals surface area contributed by atoms with Gasteiger partial charge in [-0.05, 0) is 49.2 Å². The average Bonchev–Trinajstić information content (AvgIpc) is 2.74. The van der Waals surface area contributed by atoms with Gasteiger partial charge in [-0.15, -0.1) is 0 Å². The predicted octanol–water partition coefficient (Wildman–Crippen LogP) is 4.18. The van der Waals surface area contributed by atoms with Gasteiger partial charge in [0, 0.05) is 5.56 Å². The van der Waals surface area contributed by atoms with Gasteiger partial charge in [-0.2, -0.15) is 9.78 Å². The lowest BCUT2D eigenvalue weighted by Gasteiger charge is -2.14. The molecule has 1 N–H and O–H groups in total. The molecule has 30 heavy (non-hydrogen) atoms. The van der Waals surface area contributed by atoms with Crippen LogP contribution in [-0.2, 0) is 6.61 Å². The van der Waals surface area contributed by atoms with E-state index in [0.717, 1.165) is 16.9 Å². The van der Waals surface area contributed by atoms with Crippen molar-refractivity contribution in [2.45, 2.75) is 20.5 Å². The van der Waals surface area contributed by atoms with Crippen LogP contribution in [0, 0.1) is 13.8 Å². The molecule has 0 spiro atoms. The SMILES string of the molecule is Cc1cccc(C)c1OCc1nc2ccccc2c(=O)n1/N=C/c1ccccc1O. The van der Waals surface area contributed by atoms with Crippen molar-refractivity contribution >= 4 is 17.1 Å². The van der Waals surface area contributed by atoms with Gasteiger partial charge in [0.1, 0.15) is 18.1 Å². The summed E-state index contributed by atoms with van der Waals surface area (Å²) in [6.07, 6.45) is 1.44. The lowest BCUT2D eigenvalue weighted by atomic mass is 10.1. The number of hydrogen-bond acceptors (Lipinski definition) is 5. The molecule has 150 valence electrons. The summed E-state index contributed by atoms with van der Waals surface area (Å²) >= 11 is 0. The maximum absolute atomic E-state index is 13.1. The molecule has 1 aromatic heterocycles. The number of rotatable bonds is 5. The topological polar surface area (TPSA) is 76.7 Å². The molecule has 0 aliphatic rings. The first kappa shape index (κ1) is 19.4. The van der Waals surface area contributed by atoms with Crippen LogP contribution in [0.4, 0.5) is 0 Å². The number of hydrogen-bond donors (Lipinski definition) is 1. The van der Waals surface area contributed by atoms with Crippen LogP contribution in [0.1, 0.15) is 22.5 Å². The summed E-state index contributed by atoms with van der Waals surface area (Å²) in [6.45, 7) is 4.02. The number of aromatic nitrogens is 2. The second-order valence-corrected chi connectivity index (χ2v) is 6.98. The van der Waals surface area contributed by atoms with E-state index in [1.54, 1.807) is 42.5 Å². The Kier molecular flexibility index (Phi) is 5.30. The standard InChI is InChI=1S/C24H21N3O3/c1-16-8-7-9-17(2)23(16)30-15-22-26-20-12-5-4-11-19(20)24(29)27(22)25-14-18-10-3-6-13-21(18)28/h3-14,28H,15H2,1-2H3/b25-14+. The number of phenolic OH excluding ortho intramolecular Hbond substituents is 1. The van der Waals surface area contributed by atoms with E-state index in [2.05, 4.69) is 10.1 Å². The van der Waals surface area contributed by atoms with Crippen LogP contribution in [0.2, 0.25) is 0 Å². The van der Waals surface area contributed by atoms with Crippen molar-refractivity contribution in [1.29, 1.82) is 0 Å². The van der Waals surface area contributed by atoms with Crippen molar-refractivity contribution in [3.05, 3.63) is 99.6 Å². The number of benzene rings is 3. The highest BCUT2D eigenvalue weighted by atomic mass is 16.5. The Morgan fingerprint density at radius 3 is 2.47 bits per heavy atom. The van der Waals surface area contributed by atoms with Crippen molar-refractivity contribution in [2.75, 3.05) is 0 Å². The number of aromatic hydroxyl groups is 1. The fourth-order valence-corrected chi connectivity index (χ4v) is 3.26. The van der Waals surface area contributed by atoms with Gasteiger partial charge in [0.25, 0.3) is 5.56 Å². The van der Waals surface area contributed by atoms with Gasteiger partial charge in [-0.1, -0.05) is 42.5 Å². The van der Waals surface area contributed by atoms with Crippen molar-refractivity contribution < 1.29 is 9.84 Å². The molecule has 4 aromatic rings. The maximum Gasteiger partial charge on any atom is 0.282 e. The van der Waals surface area contributed by atoms with E-state index in [9.17, 15) is 9.90 Å². The molecule has 0 atom stereocenters. The molecular formula is C24H21N3O3.